The van der Waals surface area contributed by atoms with Gasteiger partial charge in [0.2, 0.25) is 17.4 Å². The van der Waals surface area contributed by atoms with Gasteiger partial charge in [0.05, 0.1) is 27.8 Å². The molecule has 1 atom stereocenters. The van der Waals surface area contributed by atoms with Gasteiger partial charge in [-0.2, -0.15) is 5.26 Å². The molecule has 0 spiro atoms. The number of hydrogen-bond donors (Lipinski definition) is 3. The van der Waals surface area contributed by atoms with Gasteiger partial charge in [0.25, 0.3) is 5.91 Å². The van der Waals surface area contributed by atoms with Crippen LogP contribution in [0, 0.1) is 33.9 Å². The number of aromatic amines is 1. The van der Waals surface area contributed by atoms with Crippen molar-refractivity contribution >= 4 is 51.0 Å². The summed E-state index contributed by atoms with van der Waals surface area (Å²) in [5.41, 5.74) is 2.35. The molecule has 2 aromatic heterocycles. The molecule has 64 heavy (non-hydrogen) atoms. The van der Waals surface area contributed by atoms with Crippen molar-refractivity contribution in [2.45, 2.75) is 71.6 Å². The summed E-state index contributed by atoms with van der Waals surface area (Å²) in [6.07, 6.45) is 2.03. The number of nitrogens with zero attached hydrogens (tertiary/aromatic N) is 6. The molecule has 4 fully saturated rings. The summed E-state index contributed by atoms with van der Waals surface area (Å²) < 4.78 is 25.5. The van der Waals surface area contributed by atoms with Gasteiger partial charge in [0.1, 0.15) is 29.8 Å². The topological polar surface area (TPSA) is 178 Å². The molecule has 3 aliphatic heterocycles. The van der Waals surface area contributed by atoms with E-state index in [1.165, 1.54) is 16.7 Å². The van der Waals surface area contributed by atoms with Gasteiger partial charge in [-0.25, -0.2) is 9.18 Å². The number of carbonyl (C=O) groups is 3. The van der Waals surface area contributed by atoms with E-state index in [0.717, 1.165) is 69.9 Å². The fourth-order valence-electron chi connectivity index (χ4n) is 11.2. The number of H-pyrrole nitrogens is 1. The molecule has 9 rings (SSSR count). The molecule has 334 valence electrons. The summed E-state index contributed by atoms with van der Waals surface area (Å²) in [7, 11) is 1.71. The number of fused-ring (bicyclic) bond motifs is 2. The van der Waals surface area contributed by atoms with Crippen LogP contribution in [0.1, 0.15) is 75.3 Å². The number of aryl methyl sites for hydroxylation is 1. The highest BCUT2D eigenvalue weighted by Gasteiger charge is 2.64. The first kappa shape index (κ1) is 42.8. The minimum Gasteiger partial charge on any atom is -0.488 e. The normalized spacial score (nSPS) is 22.5. The summed E-state index contributed by atoms with van der Waals surface area (Å²) >= 11 is 0. The summed E-state index contributed by atoms with van der Waals surface area (Å²) in [6, 6.07) is 18.2. The summed E-state index contributed by atoms with van der Waals surface area (Å²) in [5.74, 6) is -0.525. The Balaban J connectivity index is 0.767. The minimum atomic E-state index is -0.716. The number of hydrogen-bond acceptors (Lipinski definition) is 10. The predicted octanol–water partition coefficient (Wildman–Crippen LogP) is 4.82. The molecule has 5 aromatic rings. The Hall–Kier alpha value is -6.47. The Morgan fingerprint density at radius 1 is 0.875 bits per heavy atom. The molecule has 3 saturated heterocycles. The smallest absolute Gasteiger partial charge is 0.329 e. The highest BCUT2D eigenvalue weighted by atomic mass is 19.1. The second kappa shape index (κ2) is 16.3. The molecule has 0 bridgehead atoms. The Bertz CT molecular complexity index is 2840. The number of halogens is 1. The van der Waals surface area contributed by atoms with Crippen molar-refractivity contribution < 1.29 is 23.5 Å². The number of nitrogens with one attached hydrogen (secondary N) is 3. The third kappa shape index (κ3) is 7.48. The number of benzene rings is 3. The fraction of sp³-hybridized carbons (Fsp3) is 0.458. The molecule has 3 N–H and O–H groups in total. The lowest BCUT2D eigenvalue weighted by atomic mass is 9.49. The number of imidazole rings is 1. The Labute approximate surface area is 369 Å². The van der Waals surface area contributed by atoms with E-state index in [1.54, 1.807) is 41.9 Å². The number of aromatic nitrogens is 3. The second-order valence-electron chi connectivity index (χ2n) is 19.1. The highest BCUT2D eigenvalue weighted by molar-refractivity contribution is 6.00. The fourth-order valence-corrected chi connectivity index (χ4v) is 11.2. The molecule has 1 unspecified atom stereocenters. The quantitative estimate of drug-likeness (QED) is 0.174. The zero-order valence-corrected chi connectivity index (χ0v) is 36.9. The molecule has 5 heterocycles. The molecule has 3 amide bonds. The van der Waals surface area contributed by atoms with E-state index < -0.39 is 28.6 Å². The van der Waals surface area contributed by atoms with Crippen LogP contribution in [0.5, 0.6) is 5.75 Å². The van der Waals surface area contributed by atoms with Crippen molar-refractivity contribution in [3.63, 3.8) is 0 Å². The number of anilines is 2. The number of amides is 3. The predicted molar refractivity (Wildman–Crippen MR) is 241 cm³/mol. The zero-order chi connectivity index (χ0) is 45.2. The number of pyridine rings is 1. The van der Waals surface area contributed by atoms with Crippen LogP contribution in [-0.2, 0) is 16.6 Å². The number of nitriles is 1. The van der Waals surface area contributed by atoms with Crippen LogP contribution in [0.4, 0.5) is 15.8 Å². The summed E-state index contributed by atoms with van der Waals surface area (Å²) in [6.45, 7) is 14.0. The van der Waals surface area contributed by atoms with Crippen molar-refractivity contribution in [2.75, 3.05) is 55.6 Å². The van der Waals surface area contributed by atoms with Gasteiger partial charge in [-0.15, -0.1) is 0 Å². The number of carbonyl (C=O) groups excluding carboxylic acids is 3. The third-order valence-electron chi connectivity index (χ3n) is 14.3. The van der Waals surface area contributed by atoms with E-state index in [1.807, 2.05) is 45.9 Å². The molecule has 1 saturated carbocycles. The van der Waals surface area contributed by atoms with E-state index >= 15 is 4.39 Å². The van der Waals surface area contributed by atoms with Crippen LogP contribution in [0.25, 0.3) is 21.9 Å². The van der Waals surface area contributed by atoms with E-state index in [0.29, 0.717) is 45.8 Å². The van der Waals surface area contributed by atoms with Crippen molar-refractivity contribution in [1.29, 1.82) is 5.26 Å². The lowest BCUT2D eigenvalue weighted by Gasteiger charge is -2.63. The molecular formula is C48H54FN9O6. The third-order valence-corrected chi connectivity index (χ3v) is 14.3. The van der Waals surface area contributed by atoms with Crippen molar-refractivity contribution in [3.8, 4) is 11.8 Å². The molecule has 15 nitrogen and oxygen atoms in total. The van der Waals surface area contributed by atoms with Crippen molar-refractivity contribution in [3.05, 3.63) is 98.4 Å². The van der Waals surface area contributed by atoms with Crippen molar-refractivity contribution in [1.82, 2.24) is 29.7 Å². The Kier molecular flexibility index (Phi) is 10.9. The van der Waals surface area contributed by atoms with Gasteiger partial charge in [-0.05, 0) is 79.8 Å². The lowest BCUT2D eigenvalue weighted by molar-refractivity contribution is -0.163. The van der Waals surface area contributed by atoms with Crippen LogP contribution >= 0.6 is 0 Å². The first-order chi connectivity index (χ1) is 30.5. The number of piperidine rings is 2. The lowest BCUT2D eigenvalue weighted by Crippen LogP contribution is -2.74. The summed E-state index contributed by atoms with van der Waals surface area (Å²) in [5, 5.41) is 15.7. The van der Waals surface area contributed by atoms with E-state index in [2.05, 4.69) is 36.4 Å². The first-order valence-corrected chi connectivity index (χ1v) is 22.1. The number of imide groups is 1. The van der Waals surface area contributed by atoms with Crippen LogP contribution in [0.3, 0.4) is 0 Å². The van der Waals surface area contributed by atoms with Crippen LogP contribution in [-0.4, -0.2) is 94.7 Å². The number of rotatable bonds is 9. The van der Waals surface area contributed by atoms with Crippen LogP contribution < -0.4 is 36.4 Å². The standard InChI is InChI=1S/C48H54FN9O6/c1-47(2)44(48(3,4)45(47)64-38-13-7-30(26-50)41-32(38)9-14-39(59)51-41)53-42(61)29-6-10-34(33(49)24-29)57-18-16-28(17-19-57)27-55-20-22-56(23-21-55)31-8-11-35-37(25-31)54(5)46(63)58(35)36-12-15-40(60)52-43(36)62/h6-11,13-14,24-25,28,36,44-45H,12,15-23,27H2,1-5H3,(H,51,59)(H,53,61)(H,52,60,62). The van der Waals surface area contributed by atoms with Gasteiger partial charge in [-0.3, -0.25) is 38.5 Å². The van der Waals surface area contributed by atoms with E-state index in [4.69, 9.17) is 4.74 Å². The molecule has 3 aromatic carbocycles. The zero-order valence-electron chi connectivity index (χ0n) is 36.9. The van der Waals surface area contributed by atoms with Gasteiger partial charge in [-0.1, -0.05) is 27.7 Å². The maximum Gasteiger partial charge on any atom is 0.329 e. The minimum absolute atomic E-state index is 0.198. The van der Waals surface area contributed by atoms with Gasteiger partial charge in [0, 0.05) is 98.9 Å². The van der Waals surface area contributed by atoms with Gasteiger partial charge < -0.3 is 24.8 Å². The molecule has 0 radical (unpaired) electrons. The largest absolute Gasteiger partial charge is 0.488 e. The monoisotopic (exact) mass is 871 g/mol. The van der Waals surface area contributed by atoms with Crippen LogP contribution in [0.2, 0.25) is 0 Å². The average molecular weight is 872 g/mol. The number of piperazine rings is 1. The van der Waals surface area contributed by atoms with E-state index in [9.17, 15) is 29.2 Å². The number of ether oxygens (including phenoxy) is 1. The van der Waals surface area contributed by atoms with Gasteiger partial charge in [0.15, 0.2) is 0 Å². The second-order valence-corrected chi connectivity index (χ2v) is 19.1. The molecule has 1 aliphatic carbocycles. The maximum atomic E-state index is 15.8. The first-order valence-electron chi connectivity index (χ1n) is 22.1. The van der Waals surface area contributed by atoms with Crippen molar-refractivity contribution in [2.24, 2.45) is 23.8 Å². The Morgan fingerprint density at radius 2 is 1.61 bits per heavy atom. The molecule has 4 aliphatic rings. The highest BCUT2D eigenvalue weighted by Crippen LogP contribution is 2.56. The summed E-state index contributed by atoms with van der Waals surface area (Å²) in [4.78, 5) is 72.9. The Morgan fingerprint density at radius 3 is 2.30 bits per heavy atom. The van der Waals surface area contributed by atoms with Crippen LogP contribution in [0.15, 0.2) is 70.3 Å². The SMILES string of the molecule is Cn1c(=O)n(C2CCC(=O)NC2=O)c2ccc(N3CCN(CC4CCN(c5ccc(C(=O)NC6C(C)(C)C(Oc7ccc(C#N)c8[nH]c(=O)ccc78)C6(C)C)cc5F)CC4)CC3)cc21. The maximum absolute atomic E-state index is 15.8. The molecule has 16 heteroatoms. The molecular weight excluding hydrogens is 818 g/mol. The average Bonchev–Trinajstić information content (AvgIpc) is 3.52. The van der Waals surface area contributed by atoms with E-state index in [-0.39, 0.29) is 47.2 Å². The van der Waals surface area contributed by atoms with Gasteiger partial charge >= 0.3 is 5.69 Å².